The molecule has 102 valence electrons. The third kappa shape index (κ3) is 4.49. The van der Waals surface area contributed by atoms with Crippen molar-refractivity contribution >= 4 is 16.0 Å². The van der Waals surface area contributed by atoms with Crippen molar-refractivity contribution in [2.24, 2.45) is 16.8 Å². The van der Waals surface area contributed by atoms with Crippen molar-refractivity contribution in [3.05, 3.63) is 0 Å². The molecule has 4 N–H and O–H groups in total. The predicted molar refractivity (Wildman–Crippen MR) is 67.0 cm³/mol. The van der Waals surface area contributed by atoms with Gasteiger partial charge in [0.05, 0.1) is 6.04 Å². The minimum absolute atomic E-state index is 0.115. The van der Waals surface area contributed by atoms with Crippen molar-refractivity contribution in [3.63, 3.8) is 0 Å². The molecule has 0 aliphatic carbocycles. The smallest absolute Gasteiger partial charge is 0.280 e. The standard InChI is InChI=1S/C9H22N4O3S/c1-5-13(6-2)17(15,16)12-8(7(3)4)9(10)11-14/h7-8,12,14H,5-6H2,1-4H3,(H2,10,11). The zero-order chi connectivity index (χ0) is 13.6. The molecular weight excluding hydrogens is 244 g/mol. The fourth-order valence-corrected chi connectivity index (χ4v) is 2.94. The summed E-state index contributed by atoms with van der Waals surface area (Å²) in [4.78, 5) is 0. The van der Waals surface area contributed by atoms with E-state index in [1.54, 1.807) is 27.7 Å². The third-order valence-corrected chi connectivity index (χ3v) is 4.17. The summed E-state index contributed by atoms with van der Waals surface area (Å²) in [5, 5.41) is 11.5. The van der Waals surface area contributed by atoms with Crippen LogP contribution in [-0.4, -0.2) is 42.9 Å². The van der Waals surface area contributed by atoms with E-state index in [4.69, 9.17) is 10.9 Å². The molecular formula is C9H22N4O3S. The van der Waals surface area contributed by atoms with Crippen LogP contribution in [0.15, 0.2) is 5.16 Å². The van der Waals surface area contributed by atoms with Gasteiger partial charge in [-0.2, -0.15) is 17.4 Å². The summed E-state index contributed by atoms with van der Waals surface area (Å²) in [6.07, 6.45) is 0. The van der Waals surface area contributed by atoms with Gasteiger partial charge in [0.15, 0.2) is 5.84 Å². The van der Waals surface area contributed by atoms with Gasteiger partial charge in [0, 0.05) is 13.1 Å². The van der Waals surface area contributed by atoms with Gasteiger partial charge in [-0.05, 0) is 5.92 Å². The maximum absolute atomic E-state index is 12.0. The average molecular weight is 266 g/mol. The summed E-state index contributed by atoms with van der Waals surface area (Å²) < 4.78 is 27.6. The second-order valence-corrected chi connectivity index (χ2v) is 5.66. The molecule has 0 rings (SSSR count). The Kier molecular flexibility index (Phi) is 6.43. The normalized spacial score (nSPS) is 15.5. The van der Waals surface area contributed by atoms with Crippen molar-refractivity contribution in [3.8, 4) is 0 Å². The topological polar surface area (TPSA) is 108 Å². The van der Waals surface area contributed by atoms with Crippen LogP contribution in [0.1, 0.15) is 27.7 Å². The van der Waals surface area contributed by atoms with Crippen LogP contribution in [0.25, 0.3) is 0 Å². The lowest BCUT2D eigenvalue weighted by atomic mass is 10.1. The Morgan fingerprint density at radius 1 is 1.41 bits per heavy atom. The lowest BCUT2D eigenvalue weighted by Crippen LogP contribution is -2.52. The quantitative estimate of drug-likeness (QED) is 0.259. The van der Waals surface area contributed by atoms with E-state index in [0.717, 1.165) is 0 Å². The summed E-state index contributed by atoms with van der Waals surface area (Å²) >= 11 is 0. The maximum atomic E-state index is 12.0. The molecule has 0 aliphatic rings. The highest BCUT2D eigenvalue weighted by atomic mass is 32.2. The van der Waals surface area contributed by atoms with Gasteiger partial charge in [-0.15, -0.1) is 0 Å². The molecule has 0 aliphatic heterocycles. The zero-order valence-electron chi connectivity index (χ0n) is 10.7. The van der Waals surface area contributed by atoms with E-state index < -0.39 is 16.3 Å². The molecule has 1 unspecified atom stereocenters. The molecule has 0 amide bonds. The van der Waals surface area contributed by atoms with E-state index in [1.165, 1.54) is 4.31 Å². The second kappa shape index (κ2) is 6.77. The van der Waals surface area contributed by atoms with Gasteiger partial charge in [-0.1, -0.05) is 32.9 Å². The highest BCUT2D eigenvalue weighted by Gasteiger charge is 2.27. The van der Waals surface area contributed by atoms with E-state index in [2.05, 4.69) is 9.88 Å². The molecule has 0 aromatic heterocycles. The first-order chi connectivity index (χ1) is 7.80. The monoisotopic (exact) mass is 266 g/mol. The van der Waals surface area contributed by atoms with Gasteiger partial charge in [-0.25, -0.2) is 0 Å². The molecule has 0 aromatic rings. The Balaban J connectivity index is 5.01. The molecule has 8 heteroatoms. The number of rotatable bonds is 7. The first-order valence-electron chi connectivity index (χ1n) is 5.54. The summed E-state index contributed by atoms with van der Waals surface area (Å²) in [7, 11) is -3.61. The van der Waals surface area contributed by atoms with E-state index in [0.29, 0.717) is 13.1 Å². The highest BCUT2D eigenvalue weighted by molar-refractivity contribution is 7.87. The molecule has 17 heavy (non-hydrogen) atoms. The molecule has 0 heterocycles. The van der Waals surface area contributed by atoms with Gasteiger partial charge >= 0.3 is 0 Å². The fraction of sp³-hybridized carbons (Fsp3) is 0.889. The fourth-order valence-electron chi connectivity index (χ4n) is 1.40. The Hall–Kier alpha value is -0.860. The average Bonchev–Trinajstić information content (AvgIpc) is 2.25. The lowest BCUT2D eigenvalue weighted by Gasteiger charge is -2.25. The van der Waals surface area contributed by atoms with E-state index in [1.807, 2.05) is 0 Å². The Labute approximate surface area is 103 Å². The Morgan fingerprint density at radius 2 is 1.88 bits per heavy atom. The highest BCUT2D eigenvalue weighted by Crippen LogP contribution is 2.06. The van der Waals surface area contributed by atoms with Gasteiger partial charge < -0.3 is 10.9 Å². The van der Waals surface area contributed by atoms with Crippen molar-refractivity contribution in [1.82, 2.24) is 9.03 Å². The molecule has 0 radical (unpaired) electrons. The van der Waals surface area contributed by atoms with Gasteiger partial charge in [0.2, 0.25) is 0 Å². The third-order valence-electron chi connectivity index (χ3n) is 2.42. The molecule has 0 bridgehead atoms. The Bertz CT molecular complexity index is 349. The number of oxime groups is 1. The van der Waals surface area contributed by atoms with Gasteiger partial charge in [0.1, 0.15) is 0 Å². The number of nitrogens with two attached hydrogens (primary N) is 1. The molecule has 1 atom stereocenters. The van der Waals surface area contributed by atoms with E-state index in [-0.39, 0.29) is 11.8 Å². The van der Waals surface area contributed by atoms with Crippen LogP contribution in [0.5, 0.6) is 0 Å². The van der Waals surface area contributed by atoms with Crippen LogP contribution < -0.4 is 10.5 Å². The second-order valence-electron chi connectivity index (χ2n) is 3.95. The molecule has 7 nitrogen and oxygen atoms in total. The molecule has 0 fully saturated rings. The SMILES string of the molecule is CCN(CC)S(=O)(=O)NC(C(N)=NO)C(C)C. The minimum atomic E-state index is -3.61. The van der Waals surface area contributed by atoms with Crippen LogP contribution in [0.2, 0.25) is 0 Å². The van der Waals surface area contributed by atoms with Crippen LogP contribution >= 0.6 is 0 Å². The summed E-state index contributed by atoms with van der Waals surface area (Å²) in [5.41, 5.74) is 5.46. The first kappa shape index (κ1) is 16.1. The van der Waals surface area contributed by atoms with Crippen molar-refractivity contribution in [2.75, 3.05) is 13.1 Å². The summed E-state index contributed by atoms with van der Waals surface area (Å²) in [5.74, 6) is -0.257. The van der Waals surface area contributed by atoms with E-state index >= 15 is 0 Å². The first-order valence-corrected chi connectivity index (χ1v) is 6.98. The number of hydrogen-bond acceptors (Lipinski definition) is 4. The van der Waals surface area contributed by atoms with Crippen LogP contribution in [0, 0.1) is 5.92 Å². The molecule has 0 saturated heterocycles. The number of nitrogens with zero attached hydrogens (tertiary/aromatic N) is 2. The van der Waals surface area contributed by atoms with Crippen molar-refractivity contribution < 1.29 is 13.6 Å². The number of nitrogens with one attached hydrogen (secondary N) is 1. The van der Waals surface area contributed by atoms with Crippen molar-refractivity contribution in [1.29, 1.82) is 0 Å². The molecule has 0 aromatic carbocycles. The van der Waals surface area contributed by atoms with Crippen LogP contribution in [-0.2, 0) is 10.2 Å². The number of amidine groups is 1. The van der Waals surface area contributed by atoms with Crippen LogP contribution in [0.3, 0.4) is 0 Å². The largest absolute Gasteiger partial charge is 0.409 e. The predicted octanol–water partition coefficient (Wildman–Crippen LogP) is -0.0664. The van der Waals surface area contributed by atoms with Crippen molar-refractivity contribution in [2.45, 2.75) is 33.7 Å². The Morgan fingerprint density at radius 3 is 2.18 bits per heavy atom. The maximum Gasteiger partial charge on any atom is 0.280 e. The molecule has 0 spiro atoms. The van der Waals surface area contributed by atoms with E-state index in [9.17, 15) is 8.42 Å². The minimum Gasteiger partial charge on any atom is -0.409 e. The van der Waals surface area contributed by atoms with Crippen LogP contribution in [0.4, 0.5) is 0 Å². The van der Waals surface area contributed by atoms with Gasteiger partial charge in [-0.3, -0.25) is 0 Å². The lowest BCUT2D eigenvalue weighted by molar-refractivity contribution is 0.313. The molecule has 0 saturated carbocycles. The summed E-state index contributed by atoms with van der Waals surface area (Å²) in [6, 6.07) is -0.717. The number of hydrogen-bond donors (Lipinski definition) is 3. The van der Waals surface area contributed by atoms with Gasteiger partial charge in [0.25, 0.3) is 10.2 Å². The zero-order valence-corrected chi connectivity index (χ0v) is 11.5. The summed E-state index contributed by atoms with van der Waals surface area (Å²) in [6.45, 7) is 7.80.